The number of hydrogen-bond donors (Lipinski definition) is 1. The van der Waals surface area contributed by atoms with Crippen LogP contribution in [0.1, 0.15) is 32.4 Å². The van der Waals surface area contributed by atoms with Gasteiger partial charge in [0.1, 0.15) is 5.76 Å². The van der Waals surface area contributed by atoms with Crippen molar-refractivity contribution in [3.05, 3.63) is 21.7 Å². The Kier molecular flexibility index (Phi) is 7.15. The number of nitrogens with zero attached hydrogens (tertiary/aromatic N) is 1. The maximum atomic E-state index is 5.48. The van der Waals surface area contributed by atoms with Crippen LogP contribution in [0.15, 0.2) is 16.5 Å². The number of nitrogens with one attached hydrogen (secondary N) is 1. The lowest BCUT2D eigenvalue weighted by atomic mass is 10.2. The van der Waals surface area contributed by atoms with Gasteiger partial charge in [-0.05, 0) is 81.5 Å². The highest BCUT2D eigenvalue weighted by atomic mass is 127. The van der Waals surface area contributed by atoms with Crippen LogP contribution in [0.2, 0.25) is 0 Å². The molecule has 1 heterocycles. The molecule has 4 heteroatoms. The zero-order valence-corrected chi connectivity index (χ0v) is 13.2. The van der Waals surface area contributed by atoms with Gasteiger partial charge in [-0.3, -0.25) is 0 Å². The first kappa shape index (κ1) is 15.0. The molecule has 0 aliphatic rings. The van der Waals surface area contributed by atoms with Gasteiger partial charge in [0.15, 0.2) is 3.77 Å². The van der Waals surface area contributed by atoms with E-state index in [9.17, 15) is 0 Å². The molecular weight excluding hydrogens is 327 g/mol. The summed E-state index contributed by atoms with van der Waals surface area (Å²) in [5, 5.41) is 3.40. The van der Waals surface area contributed by atoms with Gasteiger partial charge in [-0.1, -0.05) is 0 Å². The second kappa shape index (κ2) is 8.11. The van der Waals surface area contributed by atoms with Crippen LogP contribution in [-0.2, 0) is 6.54 Å². The lowest BCUT2D eigenvalue weighted by Crippen LogP contribution is -2.27. The Balaban J connectivity index is 1.98. The van der Waals surface area contributed by atoms with Gasteiger partial charge in [0.2, 0.25) is 0 Å². The van der Waals surface area contributed by atoms with Crippen molar-refractivity contribution in [2.45, 2.75) is 39.3 Å². The van der Waals surface area contributed by atoms with E-state index in [4.69, 9.17) is 4.42 Å². The van der Waals surface area contributed by atoms with Gasteiger partial charge >= 0.3 is 0 Å². The fourth-order valence-corrected chi connectivity index (χ4v) is 1.99. The maximum Gasteiger partial charge on any atom is 0.164 e. The quantitative estimate of drug-likeness (QED) is 0.577. The Bertz CT molecular complexity index is 312. The molecule has 0 amide bonds. The van der Waals surface area contributed by atoms with Gasteiger partial charge < -0.3 is 14.6 Å². The van der Waals surface area contributed by atoms with Crippen LogP contribution in [0.5, 0.6) is 0 Å². The van der Waals surface area contributed by atoms with Gasteiger partial charge in [0.05, 0.1) is 6.54 Å². The molecule has 0 unspecified atom stereocenters. The summed E-state index contributed by atoms with van der Waals surface area (Å²) in [6.07, 6.45) is 2.46. The highest BCUT2D eigenvalue weighted by Crippen LogP contribution is 2.09. The van der Waals surface area contributed by atoms with Gasteiger partial charge in [-0.25, -0.2) is 0 Å². The molecule has 0 aliphatic carbocycles. The van der Waals surface area contributed by atoms with E-state index in [1.807, 2.05) is 12.1 Å². The fourth-order valence-electron chi connectivity index (χ4n) is 1.53. The maximum absolute atomic E-state index is 5.48. The van der Waals surface area contributed by atoms with Gasteiger partial charge in [0.25, 0.3) is 0 Å². The molecule has 0 aliphatic heterocycles. The molecule has 0 radical (unpaired) electrons. The topological polar surface area (TPSA) is 28.4 Å². The summed E-state index contributed by atoms with van der Waals surface area (Å²) in [6.45, 7) is 7.54. The summed E-state index contributed by atoms with van der Waals surface area (Å²) < 4.78 is 6.43. The van der Waals surface area contributed by atoms with E-state index in [0.717, 1.165) is 22.6 Å². The smallest absolute Gasteiger partial charge is 0.164 e. The lowest BCUT2D eigenvalue weighted by Gasteiger charge is -2.20. The predicted octanol–water partition coefficient (Wildman–Crippen LogP) is 3.09. The molecule has 0 saturated heterocycles. The van der Waals surface area contributed by atoms with E-state index in [1.165, 1.54) is 19.4 Å². The molecule has 1 aromatic rings. The van der Waals surface area contributed by atoms with Crippen LogP contribution >= 0.6 is 22.6 Å². The van der Waals surface area contributed by atoms with Gasteiger partial charge in [0, 0.05) is 6.04 Å². The lowest BCUT2D eigenvalue weighted by molar-refractivity contribution is 0.267. The molecule has 1 N–H and O–H groups in total. The molecule has 17 heavy (non-hydrogen) atoms. The third-order valence-electron chi connectivity index (χ3n) is 2.92. The van der Waals surface area contributed by atoms with Crippen molar-refractivity contribution in [1.29, 1.82) is 0 Å². The Morgan fingerprint density at radius 1 is 1.35 bits per heavy atom. The zero-order chi connectivity index (χ0) is 12.7. The van der Waals surface area contributed by atoms with Crippen molar-refractivity contribution < 1.29 is 4.42 Å². The van der Waals surface area contributed by atoms with Gasteiger partial charge in [-0.2, -0.15) is 0 Å². The number of halogens is 1. The molecule has 98 valence electrons. The van der Waals surface area contributed by atoms with Crippen molar-refractivity contribution in [2.24, 2.45) is 0 Å². The number of rotatable bonds is 8. The molecule has 0 saturated carbocycles. The van der Waals surface area contributed by atoms with Crippen LogP contribution in [-0.4, -0.2) is 31.1 Å². The molecule has 3 nitrogen and oxygen atoms in total. The van der Waals surface area contributed by atoms with Crippen LogP contribution < -0.4 is 5.32 Å². The zero-order valence-electron chi connectivity index (χ0n) is 11.0. The Labute approximate surface area is 118 Å². The SMILES string of the molecule is CC(C)N(C)CCCCNCc1ccc(I)o1. The third kappa shape index (κ3) is 6.43. The highest BCUT2D eigenvalue weighted by molar-refractivity contribution is 14.1. The van der Waals surface area contributed by atoms with Crippen LogP contribution in [0.25, 0.3) is 0 Å². The third-order valence-corrected chi connectivity index (χ3v) is 3.50. The van der Waals surface area contributed by atoms with E-state index in [1.54, 1.807) is 0 Å². The number of unbranched alkanes of at least 4 members (excludes halogenated alkanes) is 1. The van der Waals surface area contributed by atoms with Crippen LogP contribution in [0.3, 0.4) is 0 Å². The highest BCUT2D eigenvalue weighted by Gasteiger charge is 2.02. The molecule has 0 spiro atoms. The summed E-state index contributed by atoms with van der Waals surface area (Å²) >= 11 is 2.19. The second-order valence-corrected chi connectivity index (χ2v) is 5.73. The summed E-state index contributed by atoms with van der Waals surface area (Å²) in [5.41, 5.74) is 0. The van der Waals surface area contributed by atoms with E-state index in [-0.39, 0.29) is 0 Å². The minimum atomic E-state index is 0.646. The Hall–Kier alpha value is -0.0700. The van der Waals surface area contributed by atoms with E-state index in [2.05, 4.69) is 53.7 Å². The standard InChI is InChI=1S/C13H23IN2O/c1-11(2)16(3)9-5-4-8-15-10-12-6-7-13(14)17-12/h6-7,11,15H,4-5,8-10H2,1-3H3. The summed E-state index contributed by atoms with van der Waals surface area (Å²) in [7, 11) is 2.18. The first-order chi connectivity index (χ1) is 8.09. The average Bonchev–Trinajstić information content (AvgIpc) is 2.68. The molecule has 0 fully saturated rings. The minimum absolute atomic E-state index is 0.646. The molecule has 1 rings (SSSR count). The van der Waals surface area contributed by atoms with Crippen molar-refractivity contribution >= 4 is 22.6 Å². The largest absolute Gasteiger partial charge is 0.454 e. The summed E-state index contributed by atoms with van der Waals surface area (Å²) in [4.78, 5) is 2.38. The van der Waals surface area contributed by atoms with E-state index >= 15 is 0 Å². The number of furan rings is 1. The van der Waals surface area contributed by atoms with E-state index < -0.39 is 0 Å². The van der Waals surface area contributed by atoms with Crippen molar-refractivity contribution in [3.63, 3.8) is 0 Å². The first-order valence-electron chi connectivity index (χ1n) is 6.24. The average molecular weight is 350 g/mol. The van der Waals surface area contributed by atoms with Crippen molar-refractivity contribution in [3.8, 4) is 0 Å². The van der Waals surface area contributed by atoms with Gasteiger partial charge in [-0.15, -0.1) is 0 Å². The fraction of sp³-hybridized carbons (Fsp3) is 0.692. The Morgan fingerprint density at radius 3 is 2.71 bits per heavy atom. The second-order valence-electron chi connectivity index (χ2n) is 4.66. The summed E-state index contributed by atoms with van der Waals surface area (Å²) in [6, 6.07) is 4.67. The molecular formula is C13H23IN2O. The van der Waals surface area contributed by atoms with E-state index in [0.29, 0.717) is 6.04 Å². The molecule has 0 atom stereocenters. The predicted molar refractivity (Wildman–Crippen MR) is 80.1 cm³/mol. The summed E-state index contributed by atoms with van der Waals surface area (Å²) in [5.74, 6) is 1.02. The molecule has 1 aromatic heterocycles. The molecule has 0 aromatic carbocycles. The molecule has 0 bridgehead atoms. The monoisotopic (exact) mass is 350 g/mol. The van der Waals surface area contributed by atoms with Crippen molar-refractivity contribution in [1.82, 2.24) is 10.2 Å². The van der Waals surface area contributed by atoms with Crippen LogP contribution in [0, 0.1) is 3.77 Å². The minimum Gasteiger partial charge on any atom is -0.454 e. The number of hydrogen-bond acceptors (Lipinski definition) is 3. The normalized spacial score (nSPS) is 11.6. The Morgan fingerprint density at radius 2 is 2.12 bits per heavy atom. The first-order valence-corrected chi connectivity index (χ1v) is 7.32. The van der Waals surface area contributed by atoms with Crippen LogP contribution in [0.4, 0.5) is 0 Å². The van der Waals surface area contributed by atoms with Crippen molar-refractivity contribution in [2.75, 3.05) is 20.1 Å².